The summed E-state index contributed by atoms with van der Waals surface area (Å²) < 4.78 is 9.53. The van der Waals surface area contributed by atoms with Crippen LogP contribution in [0.15, 0.2) is 12.1 Å². The lowest BCUT2D eigenvalue weighted by Gasteiger charge is -2.10. The molecule has 0 N–H and O–H groups in total. The molecule has 0 aliphatic heterocycles. The molecule has 6 heteroatoms. The number of halogens is 2. The van der Waals surface area contributed by atoms with E-state index in [4.69, 9.17) is 16.3 Å². The fourth-order valence-corrected chi connectivity index (χ4v) is 2.06. The van der Waals surface area contributed by atoms with Gasteiger partial charge in [0.05, 0.1) is 7.11 Å². The molecule has 4 nitrogen and oxygen atoms in total. The predicted molar refractivity (Wildman–Crippen MR) is 66.7 cm³/mol. The number of ether oxygens (including phenoxy) is 2. The molecule has 0 amide bonds. The van der Waals surface area contributed by atoms with Crippen LogP contribution in [0.4, 0.5) is 0 Å². The van der Waals surface area contributed by atoms with Gasteiger partial charge in [0.15, 0.2) is 0 Å². The average Bonchev–Trinajstić information content (AvgIpc) is 2.29. The van der Waals surface area contributed by atoms with Gasteiger partial charge in [-0.15, -0.1) is 0 Å². The van der Waals surface area contributed by atoms with Crippen molar-refractivity contribution >= 4 is 39.5 Å². The lowest BCUT2D eigenvalue weighted by Crippen LogP contribution is -2.09. The van der Waals surface area contributed by atoms with Gasteiger partial charge in [0.25, 0.3) is 0 Å². The van der Waals surface area contributed by atoms with E-state index in [1.807, 2.05) is 0 Å². The Labute approximate surface area is 112 Å². The van der Waals surface area contributed by atoms with E-state index in [-0.39, 0.29) is 11.3 Å². The van der Waals surface area contributed by atoms with Gasteiger partial charge < -0.3 is 9.47 Å². The van der Waals surface area contributed by atoms with E-state index in [1.165, 1.54) is 26.2 Å². The van der Waals surface area contributed by atoms with Crippen LogP contribution in [0.5, 0.6) is 5.75 Å². The van der Waals surface area contributed by atoms with Crippen molar-refractivity contribution in [2.24, 2.45) is 0 Å². The molecule has 1 aromatic rings. The second-order valence-electron chi connectivity index (χ2n) is 3.16. The second-order valence-corrected chi connectivity index (χ2v) is 4.13. The molecule has 0 saturated heterocycles. The first kappa shape index (κ1) is 14.0. The maximum Gasteiger partial charge on any atom is 0.341 e. The van der Waals surface area contributed by atoms with Gasteiger partial charge in [-0.1, -0.05) is 27.5 Å². The fourth-order valence-electron chi connectivity index (χ4n) is 1.21. The van der Waals surface area contributed by atoms with Gasteiger partial charge in [-0.25, -0.2) is 4.79 Å². The topological polar surface area (TPSA) is 52.6 Å². The van der Waals surface area contributed by atoms with Crippen molar-refractivity contribution in [1.82, 2.24) is 0 Å². The van der Waals surface area contributed by atoms with Gasteiger partial charge >= 0.3 is 11.9 Å². The van der Waals surface area contributed by atoms with E-state index in [0.717, 1.165) is 5.56 Å². The van der Waals surface area contributed by atoms with Crippen molar-refractivity contribution in [3.63, 3.8) is 0 Å². The van der Waals surface area contributed by atoms with Gasteiger partial charge in [-0.2, -0.15) is 0 Å². The Kier molecular flexibility index (Phi) is 4.96. The molecule has 1 aromatic carbocycles. The number of benzene rings is 1. The highest BCUT2D eigenvalue weighted by atomic mass is 79.9. The molecule has 92 valence electrons. The highest BCUT2D eigenvalue weighted by molar-refractivity contribution is 9.08. The Morgan fingerprint density at radius 2 is 2.06 bits per heavy atom. The molecule has 0 fully saturated rings. The van der Waals surface area contributed by atoms with Gasteiger partial charge in [-0.05, 0) is 17.7 Å². The zero-order valence-electron chi connectivity index (χ0n) is 9.25. The van der Waals surface area contributed by atoms with Crippen LogP contribution < -0.4 is 4.74 Å². The molecule has 0 atom stereocenters. The third kappa shape index (κ3) is 3.44. The lowest BCUT2D eigenvalue weighted by atomic mass is 10.1. The molecule has 0 spiro atoms. The SMILES string of the molecule is COC(=O)c1cc(Cl)c(CBr)cc1OC(C)=O. The minimum absolute atomic E-state index is 0.123. The van der Waals surface area contributed by atoms with Crippen LogP contribution in [0.25, 0.3) is 0 Å². The molecule has 0 saturated carbocycles. The fraction of sp³-hybridized carbons (Fsp3) is 0.273. The van der Waals surface area contributed by atoms with Crippen LogP contribution >= 0.6 is 27.5 Å². The summed E-state index contributed by atoms with van der Waals surface area (Å²) in [5.74, 6) is -0.981. The zero-order valence-corrected chi connectivity index (χ0v) is 11.6. The smallest absolute Gasteiger partial charge is 0.341 e. The molecule has 0 unspecified atom stereocenters. The number of carbonyl (C=O) groups is 2. The number of hydrogen-bond acceptors (Lipinski definition) is 4. The minimum atomic E-state index is -0.607. The lowest BCUT2D eigenvalue weighted by molar-refractivity contribution is -0.131. The Morgan fingerprint density at radius 3 is 2.53 bits per heavy atom. The maximum atomic E-state index is 11.5. The quantitative estimate of drug-likeness (QED) is 0.488. The van der Waals surface area contributed by atoms with Gasteiger partial charge in [0.2, 0.25) is 0 Å². The summed E-state index contributed by atoms with van der Waals surface area (Å²) in [6.45, 7) is 1.25. The summed E-state index contributed by atoms with van der Waals surface area (Å²) in [6, 6.07) is 2.95. The number of methoxy groups -OCH3 is 1. The van der Waals surface area contributed by atoms with Crippen LogP contribution in [0.3, 0.4) is 0 Å². The van der Waals surface area contributed by atoms with Crippen LogP contribution in [0.2, 0.25) is 5.02 Å². The third-order valence-corrected chi connectivity index (χ3v) is 2.91. The van der Waals surface area contributed by atoms with E-state index < -0.39 is 11.9 Å². The first-order valence-corrected chi connectivity index (χ1v) is 6.14. The first-order valence-electron chi connectivity index (χ1n) is 4.64. The molecule has 1 rings (SSSR count). The van der Waals surface area contributed by atoms with Crippen molar-refractivity contribution in [3.05, 3.63) is 28.3 Å². The van der Waals surface area contributed by atoms with Crippen LogP contribution in [-0.2, 0) is 14.9 Å². The van der Waals surface area contributed by atoms with Crippen molar-refractivity contribution in [3.8, 4) is 5.75 Å². The summed E-state index contributed by atoms with van der Waals surface area (Å²) in [6.07, 6.45) is 0. The summed E-state index contributed by atoms with van der Waals surface area (Å²) >= 11 is 9.21. The van der Waals surface area contributed by atoms with E-state index in [9.17, 15) is 9.59 Å². The molecule has 0 bridgehead atoms. The third-order valence-electron chi connectivity index (χ3n) is 1.95. The van der Waals surface area contributed by atoms with Crippen molar-refractivity contribution in [2.45, 2.75) is 12.3 Å². The number of rotatable bonds is 3. The van der Waals surface area contributed by atoms with Crippen molar-refractivity contribution < 1.29 is 19.1 Å². The Balaban J connectivity index is 3.30. The summed E-state index contributed by atoms with van der Waals surface area (Å²) in [5, 5.41) is 0.889. The minimum Gasteiger partial charge on any atom is -0.465 e. The molecule has 17 heavy (non-hydrogen) atoms. The zero-order chi connectivity index (χ0) is 13.0. The van der Waals surface area contributed by atoms with Crippen molar-refractivity contribution in [1.29, 1.82) is 0 Å². The average molecular weight is 322 g/mol. The van der Waals surface area contributed by atoms with Crippen LogP contribution in [-0.4, -0.2) is 19.0 Å². The number of alkyl halides is 1. The monoisotopic (exact) mass is 320 g/mol. The Morgan fingerprint density at radius 1 is 1.41 bits per heavy atom. The highest BCUT2D eigenvalue weighted by Gasteiger charge is 2.17. The molecule has 0 heterocycles. The Bertz CT molecular complexity index is 459. The molecule has 0 aliphatic rings. The maximum absolute atomic E-state index is 11.5. The van der Waals surface area contributed by atoms with Crippen LogP contribution in [0, 0.1) is 0 Å². The van der Waals surface area contributed by atoms with E-state index >= 15 is 0 Å². The molecular formula is C11H10BrClO4. The van der Waals surface area contributed by atoms with E-state index in [1.54, 1.807) is 0 Å². The highest BCUT2D eigenvalue weighted by Crippen LogP contribution is 2.29. The second kappa shape index (κ2) is 6.02. The van der Waals surface area contributed by atoms with Gasteiger partial charge in [-0.3, -0.25) is 4.79 Å². The van der Waals surface area contributed by atoms with Crippen LogP contribution in [0.1, 0.15) is 22.8 Å². The van der Waals surface area contributed by atoms with E-state index in [2.05, 4.69) is 20.7 Å². The normalized spacial score (nSPS) is 9.88. The molecular weight excluding hydrogens is 311 g/mol. The van der Waals surface area contributed by atoms with Crippen molar-refractivity contribution in [2.75, 3.05) is 7.11 Å². The summed E-state index contributed by atoms with van der Waals surface area (Å²) in [4.78, 5) is 22.4. The predicted octanol–water partition coefficient (Wildman–Crippen LogP) is 2.95. The molecule has 0 radical (unpaired) electrons. The largest absolute Gasteiger partial charge is 0.465 e. The van der Waals surface area contributed by atoms with E-state index in [0.29, 0.717) is 10.4 Å². The Hall–Kier alpha value is -1.07. The summed E-state index contributed by atoms with van der Waals surface area (Å²) in [5.41, 5.74) is 0.841. The standard InChI is InChI=1S/C11H10BrClO4/c1-6(14)17-10-3-7(5-12)9(13)4-8(10)11(15)16-2/h3-4H,5H2,1-2H3. The van der Waals surface area contributed by atoms with Gasteiger partial charge in [0, 0.05) is 17.3 Å². The first-order chi connectivity index (χ1) is 7.99. The number of carbonyl (C=O) groups excluding carboxylic acids is 2. The van der Waals surface area contributed by atoms with Gasteiger partial charge in [0.1, 0.15) is 11.3 Å². The molecule has 0 aliphatic carbocycles. The number of hydrogen-bond donors (Lipinski definition) is 0. The molecule has 0 aromatic heterocycles. The number of esters is 2. The summed E-state index contributed by atoms with van der Waals surface area (Å²) in [7, 11) is 1.24.